The van der Waals surface area contributed by atoms with Crippen LogP contribution in [-0.2, 0) is 6.54 Å². The van der Waals surface area contributed by atoms with Gasteiger partial charge in [0.1, 0.15) is 6.07 Å². The molecule has 102 valence electrons. The molecule has 0 fully saturated rings. The molecule has 0 unspecified atom stereocenters. The maximum Gasteiger partial charge on any atom is 0.212 e. The summed E-state index contributed by atoms with van der Waals surface area (Å²) in [6.07, 6.45) is 1.75. The van der Waals surface area contributed by atoms with Crippen molar-refractivity contribution in [2.45, 2.75) is 20.4 Å². The van der Waals surface area contributed by atoms with E-state index in [1.165, 1.54) is 0 Å². The first-order chi connectivity index (χ1) is 9.63. The SMILES string of the molecule is COc1ccc(CNc2cc(C)nc(C)c2C#N)cn1. The summed E-state index contributed by atoms with van der Waals surface area (Å²) in [6.45, 7) is 4.34. The molecular weight excluding hydrogens is 252 g/mol. The maximum atomic E-state index is 9.20. The van der Waals surface area contributed by atoms with Crippen molar-refractivity contribution in [1.82, 2.24) is 9.97 Å². The standard InChI is InChI=1S/C15H16N4O/c1-10-6-14(13(7-16)11(2)19-10)17-8-12-4-5-15(20-3)18-9-12/h4-6,9H,8H2,1-3H3,(H,17,19). The molecular formula is C15H16N4O. The van der Waals surface area contributed by atoms with Crippen LogP contribution in [0, 0.1) is 25.2 Å². The van der Waals surface area contributed by atoms with E-state index in [1.807, 2.05) is 32.0 Å². The molecule has 2 aromatic heterocycles. The number of nitrogens with one attached hydrogen (secondary N) is 1. The minimum Gasteiger partial charge on any atom is -0.481 e. The van der Waals surface area contributed by atoms with Crippen LogP contribution in [0.25, 0.3) is 0 Å². The Morgan fingerprint density at radius 2 is 2.15 bits per heavy atom. The maximum absolute atomic E-state index is 9.20. The Labute approximate surface area is 118 Å². The van der Waals surface area contributed by atoms with Crippen LogP contribution in [0.3, 0.4) is 0 Å². The Kier molecular flexibility index (Phi) is 4.16. The molecule has 1 N–H and O–H groups in total. The molecule has 0 spiro atoms. The van der Waals surface area contributed by atoms with Gasteiger partial charge in [-0.1, -0.05) is 6.07 Å². The van der Waals surface area contributed by atoms with E-state index in [4.69, 9.17) is 4.74 Å². The molecule has 0 bridgehead atoms. The summed E-state index contributed by atoms with van der Waals surface area (Å²) in [5.41, 5.74) is 4.02. The average molecular weight is 268 g/mol. The second-order valence-corrected chi connectivity index (χ2v) is 4.45. The topological polar surface area (TPSA) is 70.8 Å². The van der Waals surface area contributed by atoms with Gasteiger partial charge >= 0.3 is 0 Å². The van der Waals surface area contributed by atoms with Crippen LogP contribution in [0.2, 0.25) is 0 Å². The Bertz CT molecular complexity index is 644. The number of nitriles is 1. The predicted molar refractivity (Wildman–Crippen MR) is 76.5 cm³/mol. The zero-order valence-corrected chi connectivity index (χ0v) is 11.8. The van der Waals surface area contributed by atoms with E-state index in [2.05, 4.69) is 21.4 Å². The van der Waals surface area contributed by atoms with Crippen LogP contribution >= 0.6 is 0 Å². The highest BCUT2D eigenvalue weighted by Gasteiger charge is 2.07. The van der Waals surface area contributed by atoms with Crippen molar-refractivity contribution < 1.29 is 4.74 Å². The number of hydrogen-bond acceptors (Lipinski definition) is 5. The third-order valence-corrected chi connectivity index (χ3v) is 2.93. The van der Waals surface area contributed by atoms with Gasteiger partial charge in [0.05, 0.1) is 24.1 Å². The van der Waals surface area contributed by atoms with Gasteiger partial charge in [-0.2, -0.15) is 5.26 Å². The molecule has 20 heavy (non-hydrogen) atoms. The molecule has 5 nitrogen and oxygen atoms in total. The second kappa shape index (κ2) is 6.02. The molecule has 2 heterocycles. The molecule has 0 amide bonds. The van der Waals surface area contributed by atoms with Gasteiger partial charge in [-0.3, -0.25) is 4.98 Å². The Morgan fingerprint density at radius 1 is 1.35 bits per heavy atom. The van der Waals surface area contributed by atoms with Crippen molar-refractivity contribution in [3.05, 3.63) is 46.9 Å². The van der Waals surface area contributed by atoms with Crippen molar-refractivity contribution in [3.8, 4) is 11.9 Å². The Balaban J connectivity index is 2.16. The summed E-state index contributed by atoms with van der Waals surface area (Å²) >= 11 is 0. The number of methoxy groups -OCH3 is 1. The summed E-state index contributed by atoms with van der Waals surface area (Å²) in [5, 5.41) is 12.5. The van der Waals surface area contributed by atoms with Crippen LogP contribution in [0.1, 0.15) is 22.5 Å². The van der Waals surface area contributed by atoms with Gasteiger partial charge in [0.2, 0.25) is 5.88 Å². The fourth-order valence-electron chi connectivity index (χ4n) is 1.94. The highest BCUT2D eigenvalue weighted by molar-refractivity contribution is 5.59. The predicted octanol–water partition coefficient (Wildman–Crippen LogP) is 2.59. The lowest BCUT2D eigenvalue weighted by atomic mass is 10.1. The van der Waals surface area contributed by atoms with E-state index < -0.39 is 0 Å². The molecule has 2 rings (SSSR count). The molecule has 0 radical (unpaired) electrons. The molecule has 0 aromatic carbocycles. The lowest BCUT2D eigenvalue weighted by molar-refractivity contribution is 0.397. The van der Waals surface area contributed by atoms with Crippen molar-refractivity contribution in [3.63, 3.8) is 0 Å². The fourth-order valence-corrected chi connectivity index (χ4v) is 1.94. The number of rotatable bonds is 4. The fraction of sp³-hybridized carbons (Fsp3) is 0.267. The van der Waals surface area contributed by atoms with Crippen molar-refractivity contribution in [2.75, 3.05) is 12.4 Å². The number of aromatic nitrogens is 2. The summed E-state index contributed by atoms with van der Waals surface area (Å²) in [6, 6.07) is 7.81. The highest BCUT2D eigenvalue weighted by atomic mass is 16.5. The van der Waals surface area contributed by atoms with Gasteiger partial charge in [-0.15, -0.1) is 0 Å². The first kappa shape index (κ1) is 13.8. The number of hydrogen-bond donors (Lipinski definition) is 1. The van der Waals surface area contributed by atoms with Crippen molar-refractivity contribution in [1.29, 1.82) is 5.26 Å². The van der Waals surface area contributed by atoms with Crippen LogP contribution in [0.15, 0.2) is 24.4 Å². The molecule has 0 aliphatic heterocycles. The zero-order valence-electron chi connectivity index (χ0n) is 11.8. The molecule has 0 atom stereocenters. The van der Waals surface area contributed by atoms with Gasteiger partial charge in [-0.05, 0) is 25.5 Å². The Morgan fingerprint density at radius 3 is 2.75 bits per heavy atom. The normalized spacial score (nSPS) is 9.90. The van der Waals surface area contributed by atoms with Crippen LogP contribution in [0.4, 0.5) is 5.69 Å². The highest BCUT2D eigenvalue weighted by Crippen LogP contribution is 2.19. The van der Waals surface area contributed by atoms with E-state index in [0.717, 1.165) is 22.6 Å². The quantitative estimate of drug-likeness (QED) is 0.922. The van der Waals surface area contributed by atoms with E-state index in [9.17, 15) is 5.26 Å². The monoisotopic (exact) mass is 268 g/mol. The smallest absolute Gasteiger partial charge is 0.212 e. The van der Waals surface area contributed by atoms with E-state index in [-0.39, 0.29) is 0 Å². The number of nitrogens with zero attached hydrogens (tertiary/aromatic N) is 3. The summed E-state index contributed by atoms with van der Waals surface area (Å²) in [7, 11) is 1.59. The minimum absolute atomic E-state index is 0.581. The van der Waals surface area contributed by atoms with Crippen molar-refractivity contribution >= 4 is 5.69 Å². The third-order valence-electron chi connectivity index (χ3n) is 2.93. The molecule has 0 saturated carbocycles. The summed E-state index contributed by atoms with van der Waals surface area (Å²) in [5.74, 6) is 0.585. The number of ether oxygens (including phenoxy) is 1. The molecule has 0 aliphatic carbocycles. The third kappa shape index (κ3) is 3.04. The van der Waals surface area contributed by atoms with Crippen LogP contribution < -0.4 is 10.1 Å². The zero-order chi connectivity index (χ0) is 14.5. The lowest BCUT2D eigenvalue weighted by Crippen LogP contribution is -2.04. The summed E-state index contributed by atoms with van der Waals surface area (Å²) in [4.78, 5) is 8.44. The lowest BCUT2D eigenvalue weighted by Gasteiger charge is -2.11. The largest absolute Gasteiger partial charge is 0.481 e. The van der Waals surface area contributed by atoms with Gasteiger partial charge < -0.3 is 10.1 Å². The molecule has 0 aliphatic rings. The molecule has 0 saturated heterocycles. The molecule has 5 heteroatoms. The first-order valence-electron chi connectivity index (χ1n) is 6.25. The summed E-state index contributed by atoms with van der Waals surface area (Å²) < 4.78 is 5.02. The first-order valence-corrected chi connectivity index (χ1v) is 6.25. The number of pyridine rings is 2. The van der Waals surface area contributed by atoms with Gasteiger partial charge in [0.25, 0.3) is 0 Å². The van der Waals surface area contributed by atoms with Crippen LogP contribution in [-0.4, -0.2) is 17.1 Å². The average Bonchev–Trinajstić information content (AvgIpc) is 2.45. The number of anilines is 1. The number of aryl methyl sites for hydroxylation is 2. The van der Waals surface area contributed by atoms with E-state index in [1.54, 1.807) is 13.3 Å². The van der Waals surface area contributed by atoms with Gasteiger partial charge in [-0.25, -0.2) is 4.98 Å². The van der Waals surface area contributed by atoms with Gasteiger partial charge in [0.15, 0.2) is 0 Å². The van der Waals surface area contributed by atoms with E-state index >= 15 is 0 Å². The second-order valence-electron chi connectivity index (χ2n) is 4.45. The van der Waals surface area contributed by atoms with Gasteiger partial charge in [0, 0.05) is 24.5 Å². The van der Waals surface area contributed by atoms with Crippen LogP contribution in [0.5, 0.6) is 5.88 Å². The van der Waals surface area contributed by atoms with E-state index in [0.29, 0.717) is 18.0 Å². The Hall–Kier alpha value is -2.61. The minimum atomic E-state index is 0.581. The molecule has 2 aromatic rings. The van der Waals surface area contributed by atoms with Crippen molar-refractivity contribution in [2.24, 2.45) is 0 Å².